The quantitative estimate of drug-likeness (QED) is 0.220. The molecule has 0 fully saturated rings. The van der Waals surface area contributed by atoms with E-state index >= 15 is 0 Å². The van der Waals surface area contributed by atoms with E-state index in [0.717, 1.165) is 6.42 Å². The Morgan fingerprint density at radius 1 is 0.943 bits per heavy atom. The summed E-state index contributed by atoms with van der Waals surface area (Å²) >= 11 is 0. The van der Waals surface area contributed by atoms with Crippen LogP contribution in [0.25, 0.3) is 0 Å². The highest BCUT2D eigenvalue weighted by atomic mass is 16.7. The molecule has 0 amide bonds. The lowest BCUT2D eigenvalue weighted by Crippen LogP contribution is -2.42. The van der Waals surface area contributed by atoms with Crippen LogP contribution in [0.15, 0.2) is 18.2 Å². The lowest BCUT2D eigenvalue weighted by atomic mass is 10.0. The predicted molar refractivity (Wildman–Crippen MR) is 124 cm³/mol. The molecule has 11 heteroatoms. The molecule has 1 aromatic carbocycles. The van der Waals surface area contributed by atoms with Crippen LogP contribution in [0.5, 0.6) is 11.5 Å². The molecule has 0 radical (unpaired) electrons. The van der Waals surface area contributed by atoms with Gasteiger partial charge in [-0.25, -0.2) is 9.59 Å². The third kappa shape index (κ3) is 11.6. The van der Waals surface area contributed by atoms with Gasteiger partial charge in [0.05, 0.1) is 13.2 Å². The molecule has 3 atom stereocenters. The van der Waals surface area contributed by atoms with Gasteiger partial charge in [-0.2, -0.15) is 0 Å². The van der Waals surface area contributed by atoms with Crippen LogP contribution in [0.4, 0.5) is 9.59 Å². The predicted octanol–water partition coefficient (Wildman–Crippen LogP) is 3.71. The summed E-state index contributed by atoms with van der Waals surface area (Å²) in [5, 5.41) is 12.5. The molecule has 0 bridgehead atoms. The van der Waals surface area contributed by atoms with Crippen molar-refractivity contribution in [2.75, 3.05) is 19.8 Å². The fourth-order valence-electron chi connectivity index (χ4n) is 2.85. The van der Waals surface area contributed by atoms with Gasteiger partial charge in [-0.05, 0) is 50.8 Å². The summed E-state index contributed by atoms with van der Waals surface area (Å²) in [5.41, 5.74) is 0.474. The van der Waals surface area contributed by atoms with E-state index in [1.165, 1.54) is 18.2 Å². The van der Waals surface area contributed by atoms with E-state index in [9.17, 15) is 24.3 Å². The minimum atomic E-state index is -1.12. The summed E-state index contributed by atoms with van der Waals surface area (Å²) in [7, 11) is 0. The Balaban J connectivity index is 2.90. The summed E-state index contributed by atoms with van der Waals surface area (Å²) < 4.78 is 25.0. The molecule has 0 aliphatic carbocycles. The summed E-state index contributed by atoms with van der Waals surface area (Å²) in [6.07, 6.45) is -1.38. The first kappa shape index (κ1) is 29.7. The zero-order chi connectivity index (χ0) is 26.4. The summed E-state index contributed by atoms with van der Waals surface area (Å²) in [6, 6.07) is 3.23. The van der Waals surface area contributed by atoms with Gasteiger partial charge in [-0.1, -0.05) is 26.3 Å². The number of ether oxygens (including phenoxy) is 5. The number of carboxylic acids is 1. The van der Waals surface area contributed by atoms with Crippen LogP contribution in [0.2, 0.25) is 0 Å². The van der Waals surface area contributed by atoms with Crippen molar-refractivity contribution in [3.8, 4) is 11.5 Å². The molecule has 1 rings (SSSR count). The SMILES string of the molecule is CCOC(=O)Oc1ccc(C[C@H](NCC(C)OC(=O)CC(C)CC)C(=O)O)cc1OC(=O)OCC. The fourth-order valence-corrected chi connectivity index (χ4v) is 2.85. The number of hydrogen-bond acceptors (Lipinski definition) is 10. The van der Waals surface area contributed by atoms with E-state index in [-0.39, 0.29) is 49.6 Å². The van der Waals surface area contributed by atoms with Gasteiger partial charge in [-0.15, -0.1) is 0 Å². The lowest BCUT2D eigenvalue weighted by molar-refractivity contribution is -0.149. The smallest absolute Gasteiger partial charge is 0.480 e. The number of rotatable bonds is 14. The van der Waals surface area contributed by atoms with Crippen molar-refractivity contribution < 1.29 is 48.0 Å². The highest BCUT2D eigenvalue weighted by molar-refractivity contribution is 5.74. The zero-order valence-corrected chi connectivity index (χ0v) is 20.8. The van der Waals surface area contributed by atoms with Gasteiger partial charge >= 0.3 is 24.2 Å². The average molecular weight is 498 g/mol. The van der Waals surface area contributed by atoms with Gasteiger partial charge in [0.1, 0.15) is 12.1 Å². The maximum atomic E-state index is 12.0. The van der Waals surface area contributed by atoms with Crippen molar-refractivity contribution in [2.45, 2.75) is 66.0 Å². The first-order valence-electron chi connectivity index (χ1n) is 11.6. The molecule has 35 heavy (non-hydrogen) atoms. The van der Waals surface area contributed by atoms with Gasteiger partial charge in [0.15, 0.2) is 11.5 Å². The molecule has 0 saturated carbocycles. The third-order valence-corrected chi connectivity index (χ3v) is 4.85. The van der Waals surface area contributed by atoms with Crippen LogP contribution >= 0.6 is 0 Å². The number of benzene rings is 1. The largest absolute Gasteiger partial charge is 0.513 e. The van der Waals surface area contributed by atoms with Gasteiger partial charge < -0.3 is 34.1 Å². The van der Waals surface area contributed by atoms with Gasteiger partial charge in [0, 0.05) is 13.0 Å². The van der Waals surface area contributed by atoms with E-state index < -0.39 is 30.4 Å². The Hall–Kier alpha value is -3.34. The minimum absolute atomic E-state index is 0.00173. The molecule has 196 valence electrons. The molecule has 1 aromatic rings. The fraction of sp³-hybridized carbons (Fsp3) is 0.583. The molecule has 0 saturated heterocycles. The second kappa shape index (κ2) is 15.5. The third-order valence-electron chi connectivity index (χ3n) is 4.85. The molecule has 0 heterocycles. The highest BCUT2D eigenvalue weighted by Crippen LogP contribution is 2.30. The Morgan fingerprint density at radius 2 is 1.54 bits per heavy atom. The number of nitrogens with one attached hydrogen (secondary N) is 1. The molecule has 0 aromatic heterocycles. The van der Waals surface area contributed by atoms with Gasteiger partial charge in [0.2, 0.25) is 0 Å². The topological polar surface area (TPSA) is 147 Å². The number of aliphatic carboxylic acids is 1. The number of carboxylic acid groups (broad SMARTS) is 1. The van der Waals surface area contributed by atoms with E-state index in [0.29, 0.717) is 12.0 Å². The van der Waals surface area contributed by atoms with E-state index in [1.54, 1.807) is 20.8 Å². The van der Waals surface area contributed by atoms with Crippen molar-refractivity contribution in [1.82, 2.24) is 5.32 Å². The highest BCUT2D eigenvalue weighted by Gasteiger charge is 2.22. The summed E-state index contributed by atoms with van der Waals surface area (Å²) in [5.74, 6) is -1.48. The maximum Gasteiger partial charge on any atom is 0.513 e. The maximum absolute atomic E-state index is 12.0. The van der Waals surface area contributed by atoms with Crippen LogP contribution in [-0.4, -0.2) is 61.3 Å². The van der Waals surface area contributed by atoms with Crippen LogP contribution in [0, 0.1) is 5.92 Å². The Labute approximate surface area is 205 Å². The Bertz CT molecular complexity index is 857. The first-order valence-corrected chi connectivity index (χ1v) is 11.6. The second-order valence-electron chi connectivity index (χ2n) is 7.87. The van der Waals surface area contributed by atoms with Crippen molar-refractivity contribution in [3.63, 3.8) is 0 Å². The zero-order valence-electron chi connectivity index (χ0n) is 20.8. The molecule has 2 N–H and O–H groups in total. The van der Waals surface area contributed by atoms with Crippen molar-refractivity contribution in [2.24, 2.45) is 5.92 Å². The summed E-state index contributed by atoms with van der Waals surface area (Å²) in [6.45, 7) is 9.09. The molecular formula is C24H35NO10. The Kier molecular flexibility index (Phi) is 13.2. The van der Waals surface area contributed by atoms with Crippen molar-refractivity contribution >= 4 is 24.2 Å². The number of hydrogen-bond donors (Lipinski definition) is 2. The summed E-state index contributed by atoms with van der Waals surface area (Å²) in [4.78, 5) is 47.2. The van der Waals surface area contributed by atoms with Crippen LogP contribution in [0.1, 0.15) is 53.0 Å². The molecular weight excluding hydrogens is 462 g/mol. The number of carbonyl (C=O) groups is 4. The second-order valence-corrected chi connectivity index (χ2v) is 7.87. The van der Waals surface area contributed by atoms with Crippen LogP contribution in [-0.2, 0) is 30.2 Å². The van der Waals surface area contributed by atoms with Gasteiger partial charge in [0.25, 0.3) is 0 Å². The number of carbonyl (C=O) groups excluding carboxylic acids is 3. The van der Waals surface area contributed by atoms with Crippen molar-refractivity contribution in [1.29, 1.82) is 0 Å². The normalized spacial score (nSPS) is 13.2. The molecule has 2 unspecified atom stereocenters. The van der Waals surface area contributed by atoms with Gasteiger partial charge in [-0.3, -0.25) is 9.59 Å². The van der Waals surface area contributed by atoms with Crippen molar-refractivity contribution in [3.05, 3.63) is 23.8 Å². The first-order chi connectivity index (χ1) is 16.6. The number of esters is 1. The lowest BCUT2D eigenvalue weighted by Gasteiger charge is -2.20. The molecule has 0 spiro atoms. The average Bonchev–Trinajstić information content (AvgIpc) is 2.78. The van der Waals surface area contributed by atoms with E-state index in [1.807, 2.05) is 13.8 Å². The monoisotopic (exact) mass is 497 g/mol. The minimum Gasteiger partial charge on any atom is -0.480 e. The standard InChI is InChI=1S/C24H35NO10/c1-6-15(4)11-21(26)33-16(5)14-25-18(22(27)28)12-17-9-10-19(34-23(29)31-7-2)20(13-17)35-24(30)32-8-3/h9-10,13,15-16,18,25H,6-8,11-12,14H2,1-5H3,(H,27,28)/t15?,16?,18-/m0/s1. The molecule has 11 nitrogen and oxygen atoms in total. The molecule has 0 aliphatic heterocycles. The van der Waals surface area contributed by atoms with Crippen LogP contribution < -0.4 is 14.8 Å². The van der Waals surface area contributed by atoms with E-state index in [4.69, 9.17) is 23.7 Å². The molecule has 0 aliphatic rings. The Morgan fingerprint density at radius 3 is 2.09 bits per heavy atom. The van der Waals surface area contributed by atoms with E-state index in [2.05, 4.69) is 5.32 Å². The van der Waals surface area contributed by atoms with Crippen LogP contribution in [0.3, 0.4) is 0 Å².